The summed E-state index contributed by atoms with van der Waals surface area (Å²) in [6, 6.07) is 4.56. The zero-order chi connectivity index (χ0) is 15.6. The Kier molecular flexibility index (Phi) is 4.40. The Hall–Kier alpha value is -1.77. The zero-order valence-electron chi connectivity index (χ0n) is 11.5. The number of H-pyrrole nitrogens is 1. The van der Waals surface area contributed by atoms with Crippen LogP contribution in [0.25, 0.3) is 0 Å². The average molecular weight is 331 g/mol. The predicted molar refractivity (Wildman–Crippen MR) is 80.0 cm³/mol. The van der Waals surface area contributed by atoms with Crippen molar-refractivity contribution in [2.75, 3.05) is 11.8 Å². The molecule has 0 aliphatic carbocycles. The summed E-state index contributed by atoms with van der Waals surface area (Å²) < 4.78 is 32.2. The van der Waals surface area contributed by atoms with Gasteiger partial charge in [0.2, 0.25) is 5.03 Å². The number of aryl methyl sites for hydroxylation is 1. The van der Waals surface area contributed by atoms with Crippen LogP contribution in [0, 0.1) is 6.92 Å². The molecule has 0 saturated heterocycles. The van der Waals surface area contributed by atoms with Crippen molar-refractivity contribution in [1.82, 2.24) is 10.2 Å². The van der Waals surface area contributed by atoms with Crippen molar-refractivity contribution >= 4 is 27.3 Å². The van der Waals surface area contributed by atoms with Crippen LogP contribution in [0.3, 0.4) is 0 Å². The quantitative estimate of drug-likeness (QED) is 0.772. The number of sulfonamides is 1. The number of hydrogen-bond donors (Lipinski definition) is 3. The van der Waals surface area contributed by atoms with Gasteiger partial charge < -0.3 is 10.5 Å². The molecule has 0 bridgehead atoms. The van der Waals surface area contributed by atoms with Crippen LogP contribution in [0.1, 0.15) is 11.3 Å². The smallest absolute Gasteiger partial charge is 0.281 e. The molecule has 0 radical (unpaired) electrons. The van der Waals surface area contributed by atoms with Gasteiger partial charge >= 0.3 is 0 Å². The number of benzene rings is 1. The maximum absolute atomic E-state index is 12.4. The summed E-state index contributed by atoms with van der Waals surface area (Å²) in [7, 11) is -2.40. The van der Waals surface area contributed by atoms with Crippen LogP contribution >= 0.6 is 11.6 Å². The van der Waals surface area contributed by atoms with E-state index in [1.54, 1.807) is 6.92 Å². The first-order chi connectivity index (χ1) is 9.89. The van der Waals surface area contributed by atoms with Crippen molar-refractivity contribution in [2.24, 2.45) is 5.73 Å². The molecule has 1 heterocycles. The molecule has 114 valence electrons. The summed E-state index contributed by atoms with van der Waals surface area (Å²) >= 11 is 5.90. The molecule has 1 aromatic carbocycles. The number of nitrogens with two attached hydrogens (primary N) is 1. The maximum Gasteiger partial charge on any atom is 0.281 e. The van der Waals surface area contributed by atoms with E-state index in [0.29, 0.717) is 27.7 Å². The summed E-state index contributed by atoms with van der Waals surface area (Å²) in [6.45, 7) is 1.78. The van der Waals surface area contributed by atoms with Gasteiger partial charge in [-0.15, -0.1) is 0 Å². The lowest BCUT2D eigenvalue weighted by molar-refractivity contribution is 0.415. The molecule has 0 unspecified atom stereocenters. The minimum absolute atomic E-state index is 0.0719. The molecule has 7 nitrogen and oxygen atoms in total. The molecule has 4 N–H and O–H groups in total. The third kappa shape index (κ3) is 3.12. The van der Waals surface area contributed by atoms with E-state index >= 15 is 0 Å². The molecule has 0 aliphatic rings. The lowest BCUT2D eigenvalue weighted by Crippen LogP contribution is -2.16. The van der Waals surface area contributed by atoms with E-state index in [9.17, 15) is 8.42 Å². The molecule has 0 saturated carbocycles. The van der Waals surface area contributed by atoms with Crippen LogP contribution in [0.15, 0.2) is 23.2 Å². The largest absolute Gasteiger partial charge is 0.495 e. The zero-order valence-corrected chi connectivity index (χ0v) is 13.0. The summed E-state index contributed by atoms with van der Waals surface area (Å²) in [5.74, 6) is 0.370. The molecule has 9 heteroatoms. The molecule has 21 heavy (non-hydrogen) atoms. The number of methoxy groups -OCH3 is 1. The van der Waals surface area contributed by atoms with Crippen LogP contribution in [0.4, 0.5) is 5.69 Å². The second-order valence-electron chi connectivity index (χ2n) is 4.29. The second-order valence-corrected chi connectivity index (χ2v) is 6.30. The predicted octanol–water partition coefficient (Wildman–Crippen LogP) is 1.64. The minimum Gasteiger partial charge on any atom is -0.495 e. The fraction of sp³-hybridized carbons (Fsp3) is 0.250. The first-order valence-corrected chi connectivity index (χ1v) is 7.85. The van der Waals surface area contributed by atoms with Gasteiger partial charge in [0.1, 0.15) is 5.75 Å². The van der Waals surface area contributed by atoms with Gasteiger partial charge in [0.15, 0.2) is 0 Å². The van der Waals surface area contributed by atoms with Gasteiger partial charge in [0.05, 0.1) is 17.8 Å². The van der Waals surface area contributed by atoms with Crippen molar-refractivity contribution in [3.8, 4) is 5.75 Å². The van der Waals surface area contributed by atoms with E-state index < -0.39 is 10.0 Å². The summed E-state index contributed by atoms with van der Waals surface area (Å²) in [6.07, 6.45) is 0. The summed E-state index contributed by atoms with van der Waals surface area (Å²) in [5.41, 5.74) is 6.95. The van der Waals surface area contributed by atoms with Gasteiger partial charge in [-0.25, -0.2) is 0 Å². The molecule has 1 aromatic heterocycles. The third-order valence-electron chi connectivity index (χ3n) is 2.90. The van der Waals surface area contributed by atoms with Gasteiger partial charge in [-0.05, 0) is 19.1 Å². The molecule has 0 aliphatic heterocycles. The Morgan fingerprint density at radius 2 is 2.19 bits per heavy atom. The van der Waals surface area contributed by atoms with Crippen molar-refractivity contribution in [2.45, 2.75) is 18.5 Å². The number of ether oxygens (including phenoxy) is 1. The van der Waals surface area contributed by atoms with E-state index in [4.69, 9.17) is 22.1 Å². The topological polar surface area (TPSA) is 110 Å². The lowest BCUT2D eigenvalue weighted by atomic mass is 10.3. The average Bonchev–Trinajstić information content (AvgIpc) is 2.82. The molecular formula is C12H15ClN4O3S. The summed E-state index contributed by atoms with van der Waals surface area (Å²) in [4.78, 5) is 0. The van der Waals surface area contributed by atoms with Crippen molar-refractivity contribution in [3.63, 3.8) is 0 Å². The first kappa shape index (κ1) is 15.6. The highest BCUT2D eigenvalue weighted by molar-refractivity contribution is 7.92. The molecule has 0 spiro atoms. The molecule has 0 amide bonds. The molecule has 0 fully saturated rings. The SMILES string of the molecule is COc1cc(NS(=O)(=O)c2n[nH]c(C)c2CN)ccc1Cl. The van der Waals surface area contributed by atoms with E-state index in [2.05, 4.69) is 14.9 Å². The van der Waals surface area contributed by atoms with Crippen LogP contribution in [-0.2, 0) is 16.6 Å². The van der Waals surface area contributed by atoms with Gasteiger partial charge in [-0.3, -0.25) is 9.82 Å². The van der Waals surface area contributed by atoms with Crippen LogP contribution < -0.4 is 15.2 Å². The van der Waals surface area contributed by atoms with Crippen LogP contribution in [-0.4, -0.2) is 25.7 Å². The Bertz CT molecular complexity index is 758. The van der Waals surface area contributed by atoms with Crippen LogP contribution in [0.5, 0.6) is 5.75 Å². The summed E-state index contributed by atoms with van der Waals surface area (Å²) in [5, 5.41) is 6.69. The first-order valence-electron chi connectivity index (χ1n) is 5.99. The number of rotatable bonds is 5. The van der Waals surface area contributed by atoms with E-state index in [-0.39, 0.29) is 11.6 Å². The molecular weight excluding hydrogens is 316 g/mol. The molecule has 0 atom stereocenters. The van der Waals surface area contributed by atoms with E-state index in [0.717, 1.165) is 0 Å². The molecule has 2 aromatic rings. The Morgan fingerprint density at radius 1 is 1.48 bits per heavy atom. The molecule has 2 rings (SSSR count). The van der Waals surface area contributed by atoms with Crippen molar-refractivity contribution in [1.29, 1.82) is 0 Å². The number of halogens is 1. The fourth-order valence-corrected chi connectivity index (χ4v) is 3.27. The Balaban J connectivity index is 2.37. The number of nitrogens with one attached hydrogen (secondary N) is 2. The van der Waals surface area contributed by atoms with Crippen LogP contribution in [0.2, 0.25) is 5.02 Å². The van der Waals surface area contributed by atoms with E-state index in [1.165, 1.54) is 25.3 Å². The van der Waals surface area contributed by atoms with Gasteiger partial charge in [0, 0.05) is 23.9 Å². The highest BCUT2D eigenvalue weighted by Gasteiger charge is 2.23. The number of nitrogens with zero attached hydrogens (tertiary/aromatic N) is 1. The van der Waals surface area contributed by atoms with Crippen molar-refractivity contribution in [3.05, 3.63) is 34.5 Å². The maximum atomic E-state index is 12.4. The second kappa shape index (κ2) is 5.92. The Morgan fingerprint density at radius 3 is 2.81 bits per heavy atom. The monoisotopic (exact) mass is 330 g/mol. The van der Waals surface area contributed by atoms with Gasteiger partial charge in [-0.1, -0.05) is 11.6 Å². The minimum atomic E-state index is -3.84. The van der Waals surface area contributed by atoms with Gasteiger partial charge in [-0.2, -0.15) is 13.5 Å². The van der Waals surface area contributed by atoms with E-state index in [1.807, 2.05) is 0 Å². The Labute approximate surface area is 127 Å². The number of aromatic amines is 1. The lowest BCUT2D eigenvalue weighted by Gasteiger charge is -2.09. The highest BCUT2D eigenvalue weighted by atomic mass is 35.5. The number of aromatic nitrogens is 2. The normalized spacial score (nSPS) is 11.4. The third-order valence-corrected chi connectivity index (χ3v) is 4.56. The van der Waals surface area contributed by atoms with Gasteiger partial charge in [0.25, 0.3) is 10.0 Å². The number of anilines is 1. The highest BCUT2D eigenvalue weighted by Crippen LogP contribution is 2.28. The standard InChI is InChI=1S/C12H15ClN4O3S/c1-7-9(6-14)12(16-15-7)21(18,19)17-8-3-4-10(13)11(5-8)20-2/h3-5,17H,6,14H2,1-2H3,(H,15,16). The fourth-order valence-electron chi connectivity index (χ4n) is 1.82. The number of hydrogen-bond acceptors (Lipinski definition) is 5. The van der Waals surface area contributed by atoms with Crippen molar-refractivity contribution < 1.29 is 13.2 Å².